The first-order chi connectivity index (χ1) is 8.45. The zero-order valence-corrected chi connectivity index (χ0v) is 12.5. The minimum atomic E-state index is 0.209. The van der Waals surface area contributed by atoms with Crippen molar-refractivity contribution in [3.8, 4) is 0 Å². The Morgan fingerprint density at radius 3 is 2.39 bits per heavy atom. The molecule has 1 atom stereocenters. The first-order valence-electron chi connectivity index (χ1n) is 7.07. The van der Waals surface area contributed by atoms with E-state index in [1.807, 2.05) is 0 Å². The van der Waals surface area contributed by atoms with Crippen molar-refractivity contribution in [3.05, 3.63) is 29.3 Å². The van der Waals surface area contributed by atoms with Crippen LogP contribution in [-0.4, -0.2) is 18.6 Å². The highest BCUT2D eigenvalue weighted by molar-refractivity contribution is 5.56. The van der Waals surface area contributed by atoms with Crippen LogP contribution in [0, 0.1) is 6.92 Å². The Morgan fingerprint density at radius 2 is 1.89 bits per heavy atom. The molecule has 0 radical (unpaired) electrons. The lowest BCUT2D eigenvalue weighted by atomic mass is 10.0. The summed E-state index contributed by atoms with van der Waals surface area (Å²) in [6, 6.07) is 7.47. The number of rotatable bonds is 6. The average Bonchev–Trinajstić information content (AvgIpc) is 2.26. The molecular weight excluding hydrogens is 220 g/mol. The standard InChI is InChI=1S/C16H28N2/c1-6-9-18(12(2)3)16-8-7-13(4)10-15(16)11-14(5)17/h7-8,10,12,14H,6,9,11,17H2,1-5H3. The second-order valence-electron chi connectivity index (χ2n) is 5.60. The third-order valence-electron chi connectivity index (χ3n) is 3.17. The Hall–Kier alpha value is -1.02. The van der Waals surface area contributed by atoms with E-state index in [2.05, 4.69) is 57.7 Å². The molecule has 2 nitrogen and oxygen atoms in total. The van der Waals surface area contributed by atoms with Gasteiger partial charge < -0.3 is 10.6 Å². The van der Waals surface area contributed by atoms with Crippen LogP contribution in [0.3, 0.4) is 0 Å². The lowest BCUT2D eigenvalue weighted by Crippen LogP contribution is -2.33. The fourth-order valence-electron chi connectivity index (χ4n) is 2.40. The molecule has 2 N–H and O–H groups in total. The largest absolute Gasteiger partial charge is 0.369 e. The maximum Gasteiger partial charge on any atom is 0.0401 e. The van der Waals surface area contributed by atoms with Gasteiger partial charge in [-0.25, -0.2) is 0 Å². The van der Waals surface area contributed by atoms with Crippen LogP contribution in [0.5, 0.6) is 0 Å². The Bertz CT molecular complexity index is 369. The molecular formula is C16H28N2. The molecule has 0 saturated carbocycles. The van der Waals surface area contributed by atoms with Crippen molar-refractivity contribution < 1.29 is 0 Å². The van der Waals surface area contributed by atoms with Crippen molar-refractivity contribution in [1.82, 2.24) is 0 Å². The summed E-state index contributed by atoms with van der Waals surface area (Å²) in [6.07, 6.45) is 2.12. The van der Waals surface area contributed by atoms with Gasteiger partial charge in [-0.05, 0) is 52.2 Å². The van der Waals surface area contributed by atoms with E-state index in [1.165, 1.54) is 23.2 Å². The highest BCUT2D eigenvalue weighted by Crippen LogP contribution is 2.25. The molecule has 0 aliphatic heterocycles. The monoisotopic (exact) mass is 248 g/mol. The molecule has 1 unspecified atom stereocenters. The van der Waals surface area contributed by atoms with E-state index < -0.39 is 0 Å². The van der Waals surface area contributed by atoms with E-state index >= 15 is 0 Å². The van der Waals surface area contributed by atoms with Crippen LogP contribution < -0.4 is 10.6 Å². The van der Waals surface area contributed by atoms with E-state index in [-0.39, 0.29) is 6.04 Å². The van der Waals surface area contributed by atoms with Gasteiger partial charge in [-0.3, -0.25) is 0 Å². The first kappa shape index (κ1) is 15.0. The number of nitrogens with two attached hydrogens (primary N) is 1. The number of hydrogen-bond acceptors (Lipinski definition) is 2. The van der Waals surface area contributed by atoms with Gasteiger partial charge in [0.25, 0.3) is 0 Å². The van der Waals surface area contributed by atoms with Gasteiger partial charge in [0.2, 0.25) is 0 Å². The molecule has 1 aromatic carbocycles. The minimum absolute atomic E-state index is 0.209. The predicted molar refractivity (Wildman–Crippen MR) is 81.3 cm³/mol. The summed E-state index contributed by atoms with van der Waals surface area (Å²) in [5.74, 6) is 0. The van der Waals surface area contributed by atoms with Crippen LogP contribution in [0.25, 0.3) is 0 Å². The molecule has 0 spiro atoms. The fourth-order valence-corrected chi connectivity index (χ4v) is 2.40. The highest BCUT2D eigenvalue weighted by atomic mass is 15.1. The van der Waals surface area contributed by atoms with Crippen molar-refractivity contribution in [1.29, 1.82) is 0 Å². The van der Waals surface area contributed by atoms with Crippen LogP contribution in [0.15, 0.2) is 18.2 Å². The van der Waals surface area contributed by atoms with Crippen molar-refractivity contribution >= 4 is 5.69 Å². The molecule has 0 aliphatic carbocycles. The maximum absolute atomic E-state index is 5.98. The molecule has 0 amide bonds. The number of nitrogens with zero attached hydrogens (tertiary/aromatic N) is 1. The van der Waals surface area contributed by atoms with E-state index in [0.717, 1.165) is 13.0 Å². The number of aryl methyl sites for hydroxylation is 1. The molecule has 2 heteroatoms. The van der Waals surface area contributed by atoms with Crippen LogP contribution in [0.4, 0.5) is 5.69 Å². The Morgan fingerprint density at radius 1 is 1.22 bits per heavy atom. The van der Waals surface area contributed by atoms with Crippen molar-refractivity contribution in [2.75, 3.05) is 11.4 Å². The van der Waals surface area contributed by atoms with Gasteiger partial charge in [0.05, 0.1) is 0 Å². The molecule has 102 valence electrons. The molecule has 18 heavy (non-hydrogen) atoms. The lowest BCUT2D eigenvalue weighted by Gasteiger charge is -2.31. The Labute approximate surface area is 112 Å². The van der Waals surface area contributed by atoms with Crippen LogP contribution >= 0.6 is 0 Å². The lowest BCUT2D eigenvalue weighted by molar-refractivity contribution is 0.660. The molecule has 0 aromatic heterocycles. The van der Waals surface area contributed by atoms with Crippen molar-refractivity contribution in [2.24, 2.45) is 5.73 Å². The van der Waals surface area contributed by atoms with Gasteiger partial charge in [-0.15, -0.1) is 0 Å². The summed E-state index contributed by atoms with van der Waals surface area (Å²) in [7, 11) is 0. The van der Waals surface area contributed by atoms with E-state index in [9.17, 15) is 0 Å². The van der Waals surface area contributed by atoms with Gasteiger partial charge >= 0.3 is 0 Å². The number of hydrogen-bond donors (Lipinski definition) is 1. The smallest absolute Gasteiger partial charge is 0.0401 e. The topological polar surface area (TPSA) is 29.3 Å². The summed E-state index contributed by atoms with van der Waals surface area (Å²) < 4.78 is 0. The Balaban J connectivity index is 3.11. The zero-order chi connectivity index (χ0) is 13.7. The van der Waals surface area contributed by atoms with E-state index in [0.29, 0.717) is 6.04 Å². The van der Waals surface area contributed by atoms with E-state index in [4.69, 9.17) is 5.73 Å². The summed E-state index contributed by atoms with van der Waals surface area (Å²) in [6.45, 7) is 12.1. The molecule has 0 bridgehead atoms. The van der Waals surface area contributed by atoms with Crippen LogP contribution in [0.1, 0.15) is 45.2 Å². The van der Waals surface area contributed by atoms with Gasteiger partial charge in [0, 0.05) is 24.3 Å². The third-order valence-corrected chi connectivity index (χ3v) is 3.17. The normalized spacial score (nSPS) is 12.8. The molecule has 0 heterocycles. The van der Waals surface area contributed by atoms with Crippen molar-refractivity contribution in [2.45, 2.75) is 59.5 Å². The minimum Gasteiger partial charge on any atom is -0.369 e. The Kier molecular flexibility index (Phi) is 5.67. The summed E-state index contributed by atoms with van der Waals surface area (Å²) in [5.41, 5.74) is 10.0. The zero-order valence-electron chi connectivity index (χ0n) is 12.5. The molecule has 1 rings (SSSR count). The summed E-state index contributed by atoms with van der Waals surface area (Å²) in [4.78, 5) is 2.48. The van der Waals surface area contributed by atoms with Gasteiger partial charge in [-0.1, -0.05) is 24.6 Å². The third kappa shape index (κ3) is 4.02. The summed E-state index contributed by atoms with van der Waals surface area (Å²) in [5, 5.41) is 0. The van der Waals surface area contributed by atoms with Gasteiger partial charge in [0.15, 0.2) is 0 Å². The molecule has 1 aromatic rings. The summed E-state index contributed by atoms with van der Waals surface area (Å²) >= 11 is 0. The SMILES string of the molecule is CCCN(c1ccc(C)cc1CC(C)N)C(C)C. The highest BCUT2D eigenvalue weighted by Gasteiger charge is 2.14. The average molecular weight is 248 g/mol. The van der Waals surface area contributed by atoms with Crippen LogP contribution in [0.2, 0.25) is 0 Å². The second-order valence-corrected chi connectivity index (χ2v) is 5.60. The predicted octanol–water partition coefficient (Wildman–Crippen LogP) is 3.51. The number of benzene rings is 1. The van der Waals surface area contributed by atoms with Crippen molar-refractivity contribution in [3.63, 3.8) is 0 Å². The molecule has 0 fully saturated rings. The first-order valence-corrected chi connectivity index (χ1v) is 7.07. The molecule has 0 saturated heterocycles. The van der Waals surface area contributed by atoms with Gasteiger partial charge in [0.1, 0.15) is 0 Å². The van der Waals surface area contributed by atoms with Crippen LogP contribution in [-0.2, 0) is 6.42 Å². The fraction of sp³-hybridized carbons (Fsp3) is 0.625. The second kappa shape index (κ2) is 6.79. The maximum atomic E-state index is 5.98. The number of anilines is 1. The van der Waals surface area contributed by atoms with Gasteiger partial charge in [-0.2, -0.15) is 0 Å². The molecule has 0 aliphatic rings. The van der Waals surface area contributed by atoms with E-state index in [1.54, 1.807) is 0 Å². The quantitative estimate of drug-likeness (QED) is 0.834.